The maximum atomic E-state index is 14.2. The van der Waals surface area contributed by atoms with Gasteiger partial charge in [-0.1, -0.05) is 50.0 Å². The molecule has 22 heavy (non-hydrogen) atoms. The van der Waals surface area contributed by atoms with Gasteiger partial charge in [0.05, 0.1) is 5.56 Å². The summed E-state index contributed by atoms with van der Waals surface area (Å²) >= 11 is 0. The Balaban J connectivity index is 2.24. The molecule has 0 bridgehead atoms. The van der Waals surface area contributed by atoms with Crippen molar-refractivity contribution in [2.24, 2.45) is 0 Å². The van der Waals surface area contributed by atoms with Gasteiger partial charge in [0.2, 0.25) is 0 Å². The van der Waals surface area contributed by atoms with Gasteiger partial charge in [-0.3, -0.25) is 0 Å². The molecule has 0 unspecified atom stereocenters. The summed E-state index contributed by atoms with van der Waals surface area (Å²) < 4.78 is 28.1. The van der Waals surface area contributed by atoms with Gasteiger partial charge < -0.3 is 0 Å². The normalized spacial score (nSPS) is 10.2. The first-order chi connectivity index (χ1) is 10.7. The lowest BCUT2D eigenvalue weighted by molar-refractivity contribution is 0.509. The van der Waals surface area contributed by atoms with Gasteiger partial charge in [0.25, 0.3) is 0 Å². The Labute approximate surface area is 131 Å². The highest BCUT2D eigenvalue weighted by Gasteiger charge is 2.13. The molecule has 0 atom stereocenters. The third-order valence-corrected chi connectivity index (χ3v) is 3.68. The largest absolute Gasteiger partial charge is 0.203 e. The number of unbranched alkanes of at least 4 members (excludes halogenated alkanes) is 2. The first-order valence-corrected chi connectivity index (χ1v) is 7.67. The van der Waals surface area contributed by atoms with E-state index in [4.69, 9.17) is 0 Å². The van der Waals surface area contributed by atoms with E-state index in [2.05, 4.69) is 18.8 Å². The minimum atomic E-state index is -0.876. The lowest BCUT2D eigenvalue weighted by Gasteiger charge is -2.07. The third-order valence-electron chi connectivity index (χ3n) is 3.68. The molecule has 114 valence electrons. The van der Waals surface area contributed by atoms with Gasteiger partial charge in [0.1, 0.15) is 0 Å². The summed E-state index contributed by atoms with van der Waals surface area (Å²) in [5.74, 6) is 3.44. The van der Waals surface area contributed by atoms with Crippen LogP contribution in [0.3, 0.4) is 0 Å². The van der Waals surface area contributed by atoms with Crippen molar-refractivity contribution < 1.29 is 8.78 Å². The molecule has 0 amide bonds. The van der Waals surface area contributed by atoms with E-state index in [0.29, 0.717) is 5.56 Å². The fourth-order valence-electron chi connectivity index (χ4n) is 2.43. The molecule has 0 saturated carbocycles. The SMILES string of the molecule is CC#Cc1ccc(-c2ccc(CCCCC)cc2)c(F)c1F. The second-order valence-corrected chi connectivity index (χ2v) is 5.32. The zero-order valence-corrected chi connectivity index (χ0v) is 13.0. The molecule has 0 aliphatic carbocycles. The van der Waals surface area contributed by atoms with Crippen LogP contribution in [0.4, 0.5) is 8.78 Å². The van der Waals surface area contributed by atoms with Crippen molar-refractivity contribution >= 4 is 0 Å². The molecular formula is C20H20F2. The molecule has 0 saturated heterocycles. The van der Waals surface area contributed by atoms with Gasteiger partial charge in [-0.05, 0) is 43.0 Å². The van der Waals surface area contributed by atoms with E-state index in [1.807, 2.05) is 24.3 Å². The zero-order valence-electron chi connectivity index (χ0n) is 13.0. The summed E-state index contributed by atoms with van der Waals surface area (Å²) in [5.41, 5.74) is 2.29. The van der Waals surface area contributed by atoms with Gasteiger partial charge in [-0.15, -0.1) is 5.92 Å². The van der Waals surface area contributed by atoms with E-state index in [9.17, 15) is 8.78 Å². The summed E-state index contributed by atoms with van der Waals surface area (Å²) in [6.07, 6.45) is 4.58. The number of rotatable bonds is 5. The Kier molecular flexibility index (Phi) is 5.72. The highest BCUT2D eigenvalue weighted by atomic mass is 19.2. The maximum Gasteiger partial charge on any atom is 0.175 e. The summed E-state index contributed by atoms with van der Waals surface area (Å²) in [5, 5.41) is 0. The molecular weight excluding hydrogens is 278 g/mol. The van der Waals surface area contributed by atoms with Gasteiger partial charge >= 0.3 is 0 Å². The fraction of sp³-hybridized carbons (Fsp3) is 0.300. The van der Waals surface area contributed by atoms with Crippen molar-refractivity contribution in [3.05, 3.63) is 59.2 Å². The van der Waals surface area contributed by atoms with Crippen molar-refractivity contribution in [3.63, 3.8) is 0 Å². The van der Waals surface area contributed by atoms with Crippen LogP contribution in [-0.4, -0.2) is 0 Å². The number of hydrogen-bond donors (Lipinski definition) is 0. The van der Waals surface area contributed by atoms with E-state index in [-0.39, 0.29) is 11.1 Å². The van der Waals surface area contributed by atoms with Crippen LogP contribution < -0.4 is 0 Å². The van der Waals surface area contributed by atoms with Gasteiger partial charge in [-0.2, -0.15) is 0 Å². The summed E-state index contributed by atoms with van der Waals surface area (Å²) in [6.45, 7) is 3.77. The van der Waals surface area contributed by atoms with E-state index in [0.717, 1.165) is 12.8 Å². The minimum Gasteiger partial charge on any atom is -0.203 e. The predicted octanol–water partition coefficient (Wildman–Crippen LogP) is 5.74. The second-order valence-electron chi connectivity index (χ2n) is 5.32. The Hall–Kier alpha value is -2.14. The van der Waals surface area contributed by atoms with Crippen LogP contribution in [0.5, 0.6) is 0 Å². The van der Waals surface area contributed by atoms with Crippen molar-refractivity contribution in [2.75, 3.05) is 0 Å². The van der Waals surface area contributed by atoms with Gasteiger partial charge in [0.15, 0.2) is 11.6 Å². The molecule has 2 aromatic rings. The molecule has 0 spiro atoms. The smallest absolute Gasteiger partial charge is 0.175 e. The molecule has 2 rings (SSSR count). The minimum absolute atomic E-state index is 0.0972. The molecule has 0 nitrogen and oxygen atoms in total. The molecule has 2 aromatic carbocycles. The van der Waals surface area contributed by atoms with Crippen LogP contribution in [0.1, 0.15) is 44.2 Å². The van der Waals surface area contributed by atoms with Crippen LogP contribution in [0.15, 0.2) is 36.4 Å². The molecule has 0 fully saturated rings. The van der Waals surface area contributed by atoms with Crippen molar-refractivity contribution in [3.8, 4) is 23.0 Å². The number of benzene rings is 2. The second kappa shape index (κ2) is 7.75. The van der Waals surface area contributed by atoms with Crippen molar-refractivity contribution in [1.29, 1.82) is 0 Å². The van der Waals surface area contributed by atoms with Gasteiger partial charge in [0, 0.05) is 5.56 Å². The lowest BCUT2D eigenvalue weighted by Crippen LogP contribution is -1.94. The molecule has 0 heterocycles. The Morgan fingerprint density at radius 3 is 2.27 bits per heavy atom. The monoisotopic (exact) mass is 298 g/mol. The third kappa shape index (κ3) is 3.74. The quantitative estimate of drug-likeness (QED) is 0.488. The van der Waals surface area contributed by atoms with Crippen LogP contribution in [-0.2, 0) is 6.42 Å². The first kappa shape index (κ1) is 16.2. The average Bonchev–Trinajstić information content (AvgIpc) is 2.53. The van der Waals surface area contributed by atoms with Crippen LogP contribution in [0.25, 0.3) is 11.1 Å². The van der Waals surface area contributed by atoms with Gasteiger partial charge in [-0.25, -0.2) is 8.78 Å². The Morgan fingerprint density at radius 1 is 0.909 bits per heavy atom. The number of aryl methyl sites for hydroxylation is 1. The summed E-state index contributed by atoms with van der Waals surface area (Å²) in [4.78, 5) is 0. The van der Waals surface area contributed by atoms with E-state index < -0.39 is 11.6 Å². The Morgan fingerprint density at radius 2 is 1.64 bits per heavy atom. The molecule has 0 radical (unpaired) electrons. The first-order valence-electron chi connectivity index (χ1n) is 7.67. The van der Waals surface area contributed by atoms with E-state index in [1.165, 1.54) is 24.5 Å². The Bertz CT molecular complexity index is 688. The summed E-state index contributed by atoms with van der Waals surface area (Å²) in [6, 6.07) is 10.8. The highest BCUT2D eigenvalue weighted by molar-refractivity contribution is 5.65. The topological polar surface area (TPSA) is 0 Å². The lowest BCUT2D eigenvalue weighted by atomic mass is 9.99. The van der Waals surface area contributed by atoms with Crippen molar-refractivity contribution in [2.45, 2.75) is 39.5 Å². The van der Waals surface area contributed by atoms with Crippen LogP contribution in [0.2, 0.25) is 0 Å². The highest BCUT2D eigenvalue weighted by Crippen LogP contribution is 2.26. The molecule has 0 aromatic heterocycles. The van der Waals surface area contributed by atoms with Crippen molar-refractivity contribution in [1.82, 2.24) is 0 Å². The van der Waals surface area contributed by atoms with Crippen LogP contribution >= 0.6 is 0 Å². The molecule has 0 aliphatic heterocycles. The van der Waals surface area contributed by atoms with E-state index in [1.54, 1.807) is 13.0 Å². The fourth-order valence-corrected chi connectivity index (χ4v) is 2.43. The standard InChI is InChI=1S/C20H20F2/c1-3-5-6-8-15-9-11-16(12-10-15)18-14-13-17(7-4-2)19(21)20(18)22/h9-14H,3,5-6,8H2,1-2H3. The molecule has 0 N–H and O–H groups in total. The predicted molar refractivity (Wildman–Crippen MR) is 87.6 cm³/mol. The number of hydrogen-bond acceptors (Lipinski definition) is 0. The average molecular weight is 298 g/mol. The number of halogens is 2. The van der Waals surface area contributed by atoms with E-state index >= 15 is 0 Å². The maximum absolute atomic E-state index is 14.2. The summed E-state index contributed by atoms with van der Waals surface area (Å²) in [7, 11) is 0. The van der Waals surface area contributed by atoms with Crippen LogP contribution in [0, 0.1) is 23.5 Å². The zero-order chi connectivity index (χ0) is 15.9. The molecule has 2 heteroatoms. The molecule has 0 aliphatic rings.